The first-order chi connectivity index (χ1) is 12.2. The van der Waals surface area contributed by atoms with E-state index in [9.17, 15) is 0 Å². The van der Waals surface area contributed by atoms with Gasteiger partial charge in [0.1, 0.15) is 5.75 Å². The highest BCUT2D eigenvalue weighted by atomic mass is 35.5. The molecule has 0 aliphatic carbocycles. The molecule has 0 saturated heterocycles. The lowest BCUT2D eigenvalue weighted by molar-refractivity contribution is 0.413. The van der Waals surface area contributed by atoms with Crippen LogP contribution in [-0.4, -0.2) is 22.2 Å². The van der Waals surface area contributed by atoms with Crippen LogP contribution in [0.25, 0.3) is 33.7 Å². The second kappa shape index (κ2) is 6.35. The zero-order valence-electron chi connectivity index (χ0n) is 13.0. The van der Waals surface area contributed by atoms with Crippen LogP contribution in [0, 0.1) is 0 Å². The van der Waals surface area contributed by atoms with Crippen molar-refractivity contribution >= 4 is 34.1 Å². The molecule has 0 aliphatic heterocycles. The third-order valence-corrected chi connectivity index (χ3v) is 4.28. The van der Waals surface area contributed by atoms with Gasteiger partial charge in [0, 0.05) is 11.6 Å². The first-order valence-corrected chi connectivity index (χ1v) is 8.14. The number of pyridine rings is 1. The number of ether oxygens (including phenoxy) is 1. The zero-order valence-corrected chi connectivity index (χ0v) is 14.5. The third kappa shape index (κ3) is 2.81. The van der Waals surface area contributed by atoms with Crippen molar-refractivity contribution in [3.8, 4) is 28.6 Å². The Morgan fingerprint density at radius 3 is 2.76 bits per heavy atom. The van der Waals surface area contributed by atoms with E-state index < -0.39 is 0 Å². The number of nitrogens with zero attached hydrogens (tertiary/aromatic N) is 3. The summed E-state index contributed by atoms with van der Waals surface area (Å²) in [6.45, 7) is 0. The van der Waals surface area contributed by atoms with E-state index in [2.05, 4.69) is 15.1 Å². The Balaban J connectivity index is 1.88. The number of para-hydroxylation sites is 1. The van der Waals surface area contributed by atoms with Crippen LogP contribution in [0.15, 0.2) is 53.2 Å². The highest BCUT2D eigenvalue weighted by molar-refractivity contribution is 6.35. The van der Waals surface area contributed by atoms with Crippen molar-refractivity contribution in [2.24, 2.45) is 0 Å². The lowest BCUT2D eigenvalue weighted by atomic mass is 10.1. The summed E-state index contributed by atoms with van der Waals surface area (Å²) in [6, 6.07) is 12.8. The van der Waals surface area contributed by atoms with Crippen molar-refractivity contribution in [1.82, 2.24) is 15.1 Å². The van der Waals surface area contributed by atoms with Crippen LogP contribution in [0.4, 0.5) is 0 Å². The van der Waals surface area contributed by atoms with Gasteiger partial charge in [-0.15, -0.1) is 0 Å². The first kappa shape index (κ1) is 15.9. The minimum absolute atomic E-state index is 0.284. The molecular formula is C18H11Cl2N3O2. The SMILES string of the molecule is COc1ccccc1-c1noc(-c2c(Cl)ccc3cc(Cl)cnc23)n1. The number of hydrogen-bond acceptors (Lipinski definition) is 5. The minimum Gasteiger partial charge on any atom is -0.496 e. The van der Waals surface area contributed by atoms with Crippen molar-refractivity contribution in [2.45, 2.75) is 0 Å². The van der Waals surface area contributed by atoms with E-state index in [0.717, 1.165) is 10.9 Å². The summed E-state index contributed by atoms with van der Waals surface area (Å²) in [5, 5.41) is 5.91. The highest BCUT2D eigenvalue weighted by Gasteiger charge is 2.19. The Kier molecular flexibility index (Phi) is 4.03. The van der Waals surface area contributed by atoms with Gasteiger partial charge in [-0.1, -0.05) is 46.6 Å². The van der Waals surface area contributed by atoms with Gasteiger partial charge < -0.3 is 9.26 Å². The second-order valence-corrected chi connectivity index (χ2v) is 6.11. The fraction of sp³-hybridized carbons (Fsp3) is 0.0556. The lowest BCUT2D eigenvalue weighted by Crippen LogP contribution is -1.89. The predicted octanol–water partition coefficient (Wildman–Crippen LogP) is 5.27. The molecule has 2 heterocycles. The van der Waals surface area contributed by atoms with Gasteiger partial charge in [0.25, 0.3) is 5.89 Å². The van der Waals surface area contributed by atoms with Gasteiger partial charge in [0.15, 0.2) is 0 Å². The standard InChI is InChI=1S/C18H11Cl2N3O2/c1-24-14-5-3-2-4-12(14)17-22-18(25-23-17)15-13(20)7-6-10-8-11(19)9-21-16(10)15/h2-9H,1H3. The molecule has 0 bridgehead atoms. The molecule has 0 saturated carbocycles. The van der Waals surface area contributed by atoms with E-state index >= 15 is 0 Å². The summed E-state index contributed by atoms with van der Waals surface area (Å²) < 4.78 is 10.8. The van der Waals surface area contributed by atoms with Crippen molar-refractivity contribution in [2.75, 3.05) is 7.11 Å². The van der Waals surface area contributed by atoms with Gasteiger partial charge in [-0.2, -0.15) is 4.98 Å². The van der Waals surface area contributed by atoms with E-state index in [1.165, 1.54) is 0 Å². The fourth-order valence-corrected chi connectivity index (χ4v) is 3.02. The van der Waals surface area contributed by atoms with E-state index in [4.69, 9.17) is 32.5 Å². The van der Waals surface area contributed by atoms with Gasteiger partial charge in [-0.3, -0.25) is 4.98 Å². The summed E-state index contributed by atoms with van der Waals surface area (Å²) in [6.07, 6.45) is 1.56. The van der Waals surface area contributed by atoms with Crippen LogP contribution in [-0.2, 0) is 0 Å². The molecule has 0 fully saturated rings. The fourth-order valence-electron chi connectivity index (χ4n) is 2.62. The van der Waals surface area contributed by atoms with Crippen LogP contribution >= 0.6 is 23.2 Å². The molecule has 0 N–H and O–H groups in total. The van der Waals surface area contributed by atoms with Crippen molar-refractivity contribution in [3.63, 3.8) is 0 Å². The third-order valence-electron chi connectivity index (χ3n) is 3.76. The molecule has 5 nitrogen and oxygen atoms in total. The number of methoxy groups -OCH3 is 1. The van der Waals surface area contributed by atoms with Crippen molar-refractivity contribution in [1.29, 1.82) is 0 Å². The highest BCUT2D eigenvalue weighted by Crippen LogP contribution is 2.36. The predicted molar refractivity (Wildman–Crippen MR) is 97.0 cm³/mol. The molecule has 124 valence electrons. The molecule has 0 atom stereocenters. The second-order valence-electron chi connectivity index (χ2n) is 5.27. The maximum absolute atomic E-state index is 6.37. The van der Waals surface area contributed by atoms with Crippen LogP contribution in [0.1, 0.15) is 0 Å². The Morgan fingerprint density at radius 1 is 1.08 bits per heavy atom. The molecule has 7 heteroatoms. The smallest absolute Gasteiger partial charge is 0.261 e. The quantitative estimate of drug-likeness (QED) is 0.490. The Hall–Kier alpha value is -2.63. The molecule has 0 radical (unpaired) electrons. The maximum Gasteiger partial charge on any atom is 0.261 e. The molecule has 0 aliphatic rings. The molecule has 2 aromatic heterocycles. The van der Waals surface area contributed by atoms with E-state index in [1.54, 1.807) is 25.4 Å². The van der Waals surface area contributed by atoms with Gasteiger partial charge >= 0.3 is 0 Å². The maximum atomic E-state index is 6.37. The summed E-state index contributed by atoms with van der Waals surface area (Å²) in [5.41, 5.74) is 1.95. The number of benzene rings is 2. The Bertz CT molecular complexity index is 1080. The summed E-state index contributed by atoms with van der Waals surface area (Å²) >= 11 is 12.4. The molecule has 25 heavy (non-hydrogen) atoms. The summed E-state index contributed by atoms with van der Waals surface area (Å²) in [4.78, 5) is 8.84. The van der Waals surface area contributed by atoms with Crippen LogP contribution in [0.2, 0.25) is 10.0 Å². The summed E-state index contributed by atoms with van der Waals surface area (Å²) in [7, 11) is 1.59. The lowest BCUT2D eigenvalue weighted by Gasteiger charge is -2.05. The number of aromatic nitrogens is 3. The van der Waals surface area contributed by atoms with Gasteiger partial charge in [0.05, 0.1) is 33.8 Å². The molecule has 0 unspecified atom stereocenters. The van der Waals surface area contributed by atoms with Gasteiger partial charge in [-0.05, 0) is 24.3 Å². The van der Waals surface area contributed by atoms with Gasteiger partial charge in [0.2, 0.25) is 5.82 Å². The normalized spacial score (nSPS) is 11.0. The largest absolute Gasteiger partial charge is 0.496 e. The van der Waals surface area contributed by atoms with Crippen LogP contribution < -0.4 is 4.74 Å². The Labute approximate surface area is 153 Å². The number of hydrogen-bond donors (Lipinski definition) is 0. The monoisotopic (exact) mass is 371 g/mol. The van der Waals surface area contributed by atoms with E-state index in [-0.39, 0.29) is 5.89 Å². The zero-order chi connectivity index (χ0) is 17.4. The van der Waals surface area contributed by atoms with Crippen LogP contribution in [0.5, 0.6) is 5.75 Å². The Morgan fingerprint density at radius 2 is 1.92 bits per heavy atom. The number of fused-ring (bicyclic) bond motifs is 1. The van der Waals surface area contributed by atoms with E-state index in [0.29, 0.717) is 32.7 Å². The number of halogens is 2. The molecule has 2 aromatic carbocycles. The molecule has 4 rings (SSSR count). The summed E-state index contributed by atoms with van der Waals surface area (Å²) in [5.74, 6) is 1.35. The van der Waals surface area contributed by atoms with Crippen molar-refractivity contribution in [3.05, 3.63) is 58.7 Å². The molecular weight excluding hydrogens is 361 g/mol. The topological polar surface area (TPSA) is 61.0 Å². The van der Waals surface area contributed by atoms with Gasteiger partial charge in [-0.25, -0.2) is 0 Å². The van der Waals surface area contributed by atoms with Crippen LogP contribution in [0.3, 0.4) is 0 Å². The molecule has 4 aromatic rings. The number of rotatable bonds is 3. The van der Waals surface area contributed by atoms with Crippen molar-refractivity contribution < 1.29 is 9.26 Å². The minimum atomic E-state index is 0.284. The average molecular weight is 372 g/mol. The average Bonchev–Trinajstić information content (AvgIpc) is 3.11. The molecule has 0 amide bonds. The first-order valence-electron chi connectivity index (χ1n) is 7.38. The molecule has 0 spiro atoms. The van der Waals surface area contributed by atoms with E-state index in [1.807, 2.05) is 30.3 Å².